The average molecular weight is 386 g/mol. The molecular formula is C20H22N2O4S. The molecule has 2 aromatic rings. The molecular weight excluding hydrogens is 364 g/mol. The fraction of sp³-hybridized carbons (Fsp3) is 0.350. The zero-order valence-corrected chi connectivity index (χ0v) is 15.7. The molecule has 1 aliphatic carbocycles. The summed E-state index contributed by atoms with van der Waals surface area (Å²) in [6.07, 6.45) is 1.84. The van der Waals surface area contributed by atoms with Crippen LogP contribution in [0.2, 0.25) is 0 Å². The van der Waals surface area contributed by atoms with Crippen molar-refractivity contribution in [3.8, 4) is 0 Å². The molecule has 27 heavy (non-hydrogen) atoms. The van der Waals surface area contributed by atoms with Gasteiger partial charge in [0, 0.05) is 18.7 Å². The van der Waals surface area contributed by atoms with Crippen LogP contribution in [0.5, 0.6) is 0 Å². The van der Waals surface area contributed by atoms with E-state index in [0.717, 1.165) is 18.4 Å². The zero-order chi connectivity index (χ0) is 18.9. The van der Waals surface area contributed by atoms with Crippen LogP contribution in [0.3, 0.4) is 0 Å². The molecule has 1 fully saturated rings. The largest absolute Gasteiger partial charge is 0.379 e. The van der Waals surface area contributed by atoms with E-state index in [1.54, 1.807) is 12.1 Å². The van der Waals surface area contributed by atoms with Crippen molar-refractivity contribution in [2.45, 2.75) is 23.8 Å². The van der Waals surface area contributed by atoms with Crippen LogP contribution in [0.4, 0.5) is 0 Å². The molecule has 0 aromatic heterocycles. The third-order valence-corrected chi connectivity index (χ3v) is 7.08. The molecule has 1 atom stereocenters. The van der Waals surface area contributed by atoms with Gasteiger partial charge in [0.1, 0.15) is 0 Å². The fourth-order valence-corrected chi connectivity index (χ4v) is 5.07. The van der Waals surface area contributed by atoms with Gasteiger partial charge in [-0.2, -0.15) is 4.31 Å². The highest BCUT2D eigenvalue weighted by Crippen LogP contribution is 2.31. The molecule has 0 spiro atoms. The van der Waals surface area contributed by atoms with Gasteiger partial charge in [-0.25, -0.2) is 8.42 Å². The monoisotopic (exact) mass is 386 g/mol. The molecule has 142 valence electrons. The van der Waals surface area contributed by atoms with Crippen molar-refractivity contribution < 1.29 is 17.9 Å². The van der Waals surface area contributed by atoms with E-state index >= 15 is 0 Å². The maximum absolute atomic E-state index is 12.7. The molecule has 6 nitrogen and oxygen atoms in total. The number of morpholine rings is 1. The Labute approximate surface area is 159 Å². The first-order chi connectivity index (χ1) is 13.1. The average Bonchev–Trinajstić information content (AvgIpc) is 3.12. The fourth-order valence-electron chi connectivity index (χ4n) is 3.66. The summed E-state index contributed by atoms with van der Waals surface area (Å²) in [6, 6.07) is 14.3. The number of ether oxygens (including phenoxy) is 1. The minimum atomic E-state index is -3.55. The smallest absolute Gasteiger partial charge is 0.251 e. The number of nitrogens with zero attached hydrogens (tertiary/aromatic N) is 1. The van der Waals surface area contributed by atoms with Crippen LogP contribution in [0, 0.1) is 0 Å². The lowest BCUT2D eigenvalue weighted by molar-refractivity contribution is 0.0730. The van der Waals surface area contributed by atoms with Crippen molar-refractivity contribution in [3.05, 3.63) is 65.2 Å². The summed E-state index contributed by atoms with van der Waals surface area (Å²) in [6.45, 7) is 1.52. The summed E-state index contributed by atoms with van der Waals surface area (Å²) in [4.78, 5) is 12.8. The Morgan fingerprint density at radius 1 is 1.04 bits per heavy atom. The Hall–Kier alpha value is -2.22. The number of fused-ring (bicyclic) bond motifs is 1. The SMILES string of the molecule is O=C(N[C@H]1CCc2ccccc21)c1ccc(S(=O)(=O)N2CCOCC2)cc1. The van der Waals surface area contributed by atoms with E-state index in [0.29, 0.717) is 31.9 Å². The van der Waals surface area contributed by atoms with Crippen LogP contribution in [-0.4, -0.2) is 44.9 Å². The summed E-state index contributed by atoms with van der Waals surface area (Å²) in [7, 11) is -3.55. The van der Waals surface area contributed by atoms with E-state index < -0.39 is 10.0 Å². The number of nitrogens with one attached hydrogen (secondary N) is 1. The van der Waals surface area contributed by atoms with Crippen molar-refractivity contribution in [2.75, 3.05) is 26.3 Å². The number of aryl methyl sites for hydroxylation is 1. The zero-order valence-electron chi connectivity index (χ0n) is 14.9. The molecule has 1 aliphatic heterocycles. The molecule has 0 bridgehead atoms. The second kappa shape index (κ2) is 7.42. The lowest BCUT2D eigenvalue weighted by atomic mass is 10.1. The molecule has 0 unspecified atom stereocenters. The second-order valence-corrected chi connectivity index (χ2v) is 8.74. The van der Waals surface area contributed by atoms with Crippen LogP contribution < -0.4 is 5.32 Å². The van der Waals surface area contributed by atoms with Crippen molar-refractivity contribution in [1.82, 2.24) is 9.62 Å². The number of amides is 1. The first-order valence-corrected chi connectivity index (χ1v) is 10.6. The van der Waals surface area contributed by atoms with Crippen LogP contribution in [-0.2, 0) is 21.2 Å². The first-order valence-electron chi connectivity index (χ1n) is 9.12. The van der Waals surface area contributed by atoms with Gasteiger partial charge in [0.15, 0.2) is 0 Å². The Balaban J connectivity index is 1.47. The molecule has 1 N–H and O–H groups in total. The highest BCUT2D eigenvalue weighted by Gasteiger charge is 2.27. The van der Waals surface area contributed by atoms with Crippen LogP contribution in [0.1, 0.15) is 33.9 Å². The van der Waals surface area contributed by atoms with E-state index in [1.807, 2.05) is 18.2 Å². The summed E-state index contributed by atoms with van der Waals surface area (Å²) in [5, 5.41) is 3.06. The van der Waals surface area contributed by atoms with Gasteiger partial charge in [-0.05, 0) is 48.2 Å². The standard InChI is InChI=1S/C20H22N2O4S/c23-20(21-19-10-7-15-3-1-2-4-18(15)19)16-5-8-17(9-6-16)27(24,25)22-11-13-26-14-12-22/h1-6,8-9,19H,7,10-14H2,(H,21,23)/t19-/m0/s1. The van der Waals surface area contributed by atoms with Crippen molar-refractivity contribution >= 4 is 15.9 Å². The highest BCUT2D eigenvalue weighted by molar-refractivity contribution is 7.89. The van der Waals surface area contributed by atoms with Crippen molar-refractivity contribution in [2.24, 2.45) is 0 Å². The number of benzene rings is 2. The van der Waals surface area contributed by atoms with Gasteiger partial charge in [0.25, 0.3) is 5.91 Å². The third kappa shape index (κ3) is 3.63. The van der Waals surface area contributed by atoms with E-state index in [-0.39, 0.29) is 16.8 Å². The number of hydrogen-bond donors (Lipinski definition) is 1. The molecule has 2 aliphatic rings. The van der Waals surface area contributed by atoms with E-state index in [1.165, 1.54) is 22.0 Å². The Kier molecular flexibility index (Phi) is 4.99. The van der Waals surface area contributed by atoms with Gasteiger partial charge in [-0.3, -0.25) is 4.79 Å². The number of carbonyl (C=O) groups is 1. The van der Waals surface area contributed by atoms with Gasteiger partial charge in [0.05, 0.1) is 24.2 Å². The molecule has 1 saturated heterocycles. The van der Waals surface area contributed by atoms with Gasteiger partial charge in [-0.1, -0.05) is 24.3 Å². The van der Waals surface area contributed by atoms with Crippen LogP contribution in [0.25, 0.3) is 0 Å². The minimum Gasteiger partial charge on any atom is -0.379 e. The number of hydrogen-bond acceptors (Lipinski definition) is 4. The number of rotatable bonds is 4. The van der Waals surface area contributed by atoms with Gasteiger partial charge >= 0.3 is 0 Å². The van der Waals surface area contributed by atoms with Crippen molar-refractivity contribution in [3.63, 3.8) is 0 Å². The normalized spacial score (nSPS) is 20.2. The van der Waals surface area contributed by atoms with Crippen LogP contribution in [0.15, 0.2) is 53.4 Å². The molecule has 4 rings (SSSR count). The van der Waals surface area contributed by atoms with Gasteiger partial charge in [0.2, 0.25) is 10.0 Å². The highest BCUT2D eigenvalue weighted by atomic mass is 32.2. The second-order valence-electron chi connectivity index (χ2n) is 6.80. The molecule has 0 radical (unpaired) electrons. The molecule has 1 amide bonds. The third-order valence-electron chi connectivity index (χ3n) is 5.16. The van der Waals surface area contributed by atoms with E-state index in [2.05, 4.69) is 11.4 Å². The Morgan fingerprint density at radius 2 is 1.74 bits per heavy atom. The quantitative estimate of drug-likeness (QED) is 0.873. The number of carbonyl (C=O) groups excluding carboxylic acids is 1. The summed E-state index contributed by atoms with van der Waals surface area (Å²) >= 11 is 0. The maximum atomic E-state index is 12.7. The molecule has 1 heterocycles. The van der Waals surface area contributed by atoms with E-state index in [9.17, 15) is 13.2 Å². The first kappa shape index (κ1) is 18.2. The lowest BCUT2D eigenvalue weighted by Crippen LogP contribution is -2.40. The van der Waals surface area contributed by atoms with Gasteiger partial charge in [-0.15, -0.1) is 0 Å². The minimum absolute atomic E-state index is 0.00505. The summed E-state index contributed by atoms with van der Waals surface area (Å²) < 4.78 is 31.9. The lowest BCUT2D eigenvalue weighted by Gasteiger charge is -2.26. The van der Waals surface area contributed by atoms with Gasteiger partial charge < -0.3 is 10.1 Å². The predicted octanol–water partition coefficient (Wildman–Crippen LogP) is 2.12. The molecule has 2 aromatic carbocycles. The molecule has 0 saturated carbocycles. The maximum Gasteiger partial charge on any atom is 0.251 e. The summed E-state index contributed by atoms with van der Waals surface area (Å²) in [5.41, 5.74) is 2.90. The number of sulfonamides is 1. The topological polar surface area (TPSA) is 75.7 Å². The van der Waals surface area contributed by atoms with E-state index in [4.69, 9.17) is 4.74 Å². The Bertz CT molecular complexity index is 935. The van der Waals surface area contributed by atoms with Crippen molar-refractivity contribution in [1.29, 1.82) is 0 Å². The molecule has 7 heteroatoms. The Morgan fingerprint density at radius 3 is 2.48 bits per heavy atom. The van der Waals surface area contributed by atoms with Crippen LogP contribution >= 0.6 is 0 Å². The summed E-state index contributed by atoms with van der Waals surface area (Å²) in [5.74, 6) is -0.188. The predicted molar refractivity (Wildman–Crippen MR) is 101 cm³/mol.